The van der Waals surface area contributed by atoms with Gasteiger partial charge in [0.25, 0.3) is 0 Å². The van der Waals surface area contributed by atoms with Crippen LogP contribution in [0.25, 0.3) is 162 Å². The lowest BCUT2D eigenvalue weighted by atomic mass is 9.97. The normalized spacial score (nSPS) is 12.0. The van der Waals surface area contributed by atoms with E-state index in [2.05, 4.69) is 362 Å². The number of fused-ring (bicyclic) bond motifs is 24. The summed E-state index contributed by atoms with van der Waals surface area (Å²) in [6, 6.07) is 150. The molecular formula is C109H71N13. The lowest BCUT2D eigenvalue weighted by Gasteiger charge is -2.28. The number of aromatic nitrogens is 10. The second-order valence-corrected chi connectivity index (χ2v) is 30.3. The molecule has 0 bridgehead atoms. The highest BCUT2D eigenvalue weighted by molar-refractivity contribution is 6.16. The second kappa shape index (κ2) is 29.7. The van der Waals surface area contributed by atoms with E-state index < -0.39 is 0 Å². The number of anilines is 9. The second-order valence-electron chi connectivity index (χ2n) is 30.3. The average Bonchev–Trinajstić information content (AvgIpc) is 1.56. The van der Waals surface area contributed by atoms with Gasteiger partial charge in [0.2, 0.25) is 5.95 Å². The first-order valence-electron chi connectivity index (χ1n) is 41.0. The van der Waals surface area contributed by atoms with E-state index in [1.807, 2.05) is 97.1 Å². The molecule has 13 nitrogen and oxygen atoms in total. The zero-order valence-corrected chi connectivity index (χ0v) is 65.8. The predicted molar refractivity (Wildman–Crippen MR) is 498 cm³/mol. The Kier molecular flexibility index (Phi) is 17.2. The highest BCUT2D eigenvalue weighted by atomic mass is 15.3. The lowest BCUT2D eigenvalue weighted by Crippen LogP contribution is -2.16. The molecule has 0 fully saturated rings. The third kappa shape index (κ3) is 12.0. The van der Waals surface area contributed by atoms with Crippen molar-refractivity contribution >= 4 is 106 Å². The number of para-hydroxylation sites is 14. The summed E-state index contributed by atoms with van der Waals surface area (Å²) in [6.07, 6.45) is 0. The van der Waals surface area contributed by atoms with Gasteiger partial charge < -0.3 is 9.47 Å². The van der Waals surface area contributed by atoms with Gasteiger partial charge in [-0.25, -0.2) is 24.9 Å². The van der Waals surface area contributed by atoms with Gasteiger partial charge in [0, 0.05) is 61.3 Å². The Balaban J connectivity index is 0.000000107. The van der Waals surface area contributed by atoms with Gasteiger partial charge >= 0.3 is 0 Å². The first kappa shape index (κ1) is 70.6. The molecule has 5 aromatic heterocycles. The van der Waals surface area contributed by atoms with E-state index in [4.69, 9.17) is 34.9 Å². The van der Waals surface area contributed by atoms with E-state index in [1.165, 1.54) is 49.4 Å². The molecule has 22 aromatic rings. The van der Waals surface area contributed by atoms with Gasteiger partial charge in [-0.15, -0.1) is 0 Å². The molecule has 13 heteroatoms. The van der Waals surface area contributed by atoms with Gasteiger partial charge in [0.05, 0.1) is 95.8 Å². The van der Waals surface area contributed by atoms with Crippen LogP contribution in [0.3, 0.4) is 0 Å². The molecule has 0 N–H and O–H groups in total. The Labute approximate surface area is 703 Å². The summed E-state index contributed by atoms with van der Waals surface area (Å²) in [4.78, 5) is 42.5. The van der Waals surface area contributed by atoms with Crippen molar-refractivity contribution < 1.29 is 0 Å². The van der Waals surface area contributed by atoms with Crippen molar-refractivity contribution in [3.63, 3.8) is 0 Å². The molecule has 3 aliphatic heterocycles. The van der Waals surface area contributed by atoms with Crippen LogP contribution in [0.2, 0.25) is 0 Å². The topological polar surface area (TPSA) is 115 Å². The van der Waals surface area contributed by atoms with Gasteiger partial charge in [0.1, 0.15) is 17.5 Å². The number of rotatable bonds is 8. The van der Waals surface area contributed by atoms with Gasteiger partial charge in [-0.2, -0.15) is 9.97 Å². The standard InChI is InChI=1S/C42H28N4.C34H22N6.C33H21N3/c1-4-16-29(17-5-1)34-28-39(44-42(43-34)31-20-8-3-9-21-31)45-36-25-13-11-23-33(36)41-40(30-18-6-2-7-19-30)32-22-10-12-24-35(32)46(41)38-27-15-14-26-37(38)45;1-3-13-23(14-4-1)31-36-32(24-15-5-2-6-16-24)38-34(37-31)40-27-19-9-7-17-25(27)33-35-26-18-8-10-20-28(26)39(33)29-21-11-12-22-30(29)40;1-2-12-23-22(11-1)21-32(25-14-4-3-13-24(23)25)35-28-17-7-5-15-26(28)33-34-27-16-6-8-18-29(27)36(33)31-20-10-9-19-30(31)35/h1-28H;1-22H;1-21H. The van der Waals surface area contributed by atoms with Crippen molar-refractivity contribution in [2.45, 2.75) is 0 Å². The van der Waals surface area contributed by atoms with Gasteiger partial charge in [-0.3, -0.25) is 18.9 Å². The molecule has 0 aliphatic carbocycles. The van der Waals surface area contributed by atoms with Crippen LogP contribution in [0.5, 0.6) is 0 Å². The monoisotopic (exact) mass is 1560 g/mol. The zero-order valence-electron chi connectivity index (χ0n) is 65.8. The molecule has 8 heterocycles. The van der Waals surface area contributed by atoms with Crippen LogP contribution in [0.4, 0.5) is 51.6 Å². The van der Waals surface area contributed by atoms with Crippen LogP contribution in [-0.2, 0) is 0 Å². The quantitative estimate of drug-likeness (QED) is 0.136. The summed E-state index contributed by atoms with van der Waals surface area (Å²) >= 11 is 0. The maximum Gasteiger partial charge on any atom is 0.238 e. The third-order valence-electron chi connectivity index (χ3n) is 23.2. The molecule has 25 rings (SSSR count). The Morgan fingerprint density at radius 3 is 1.11 bits per heavy atom. The maximum absolute atomic E-state index is 5.29. The van der Waals surface area contributed by atoms with E-state index in [-0.39, 0.29) is 0 Å². The van der Waals surface area contributed by atoms with E-state index in [1.54, 1.807) is 0 Å². The Morgan fingerprint density at radius 2 is 0.566 bits per heavy atom. The molecule has 0 spiro atoms. The SMILES string of the molecule is c1ccc(-c2cc(N3c4ccccc4-c4c(-c5ccccc5)c5ccccc5n4-c4ccccc43)nc(-c3ccccc3)n2)cc1.c1ccc(-c2nc(-c3ccccc3)nc(N3c4ccccc4-c4nc5ccccc5n4-c4ccccc43)n2)cc1.c1ccc2c(c1)-c1nc3ccccc3n1-c1ccccc1N2c1cc2ccccc2c2ccccc12. The van der Waals surface area contributed by atoms with E-state index >= 15 is 0 Å². The van der Waals surface area contributed by atoms with Crippen LogP contribution in [0.1, 0.15) is 0 Å². The van der Waals surface area contributed by atoms with Crippen molar-refractivity contribution in [3.8, 4) is 108 Å². The number of hydrogen-bond acceptors (Lipinski definition) is 10. The maximum atomic E-state index is 5.29. The van der Waals surface area contributed by atoms with Crippen molar-refractivity contribution in [1.29, 1.82) is 0 Å². The molecule has 0 amide bonds. The minimum Gasteiger partial charge on any atom is -0.307 e. The Bertz CT molecular complexity index is 7680. The summed E-state index contributed by atoms with van der Waals surface area (Å²) < 4.78 is 6.98. The van der Waals surface area contributed by atoms with E-state index in [0.29, 0.717) is 23.4 Å². The molecule has 0 atom stereocenters. The van der Waals surface area contributed by atoms with Crippen molar-refractivity contribution in [3.05, 3.63) is 431 Å². The predicted octanol–water partition coefficient (Wildman–Crippen LogP) is 27.6. The molecule has 0 unspecified atom stereocenters. The van der Waals surface area contributed by atoms with Crippen molar-refractivity contribution in [1.82, 2.24) is 48.6 Å². The molecule has 0 saturated heterocycles. The first-order chi connectivity index (χ1) is 60.6. The summed E-state index contributed by atoms with van der Waals surface area (Å²) in [5, 5.41) is 6.21. The summed E-state index contributed by atoms with van der Waals surface area (Å²) in [7, 11) is 0. The average molecular weight is 1560 g/mol. The summed E-state index contributed by atoms with van der Waals surface area (Å²) in [5.41, 5.74) is 27.5. The fraction of sp³-hybridized carbons (Fsp3) is 0. The highest BCUT2D eigenvalue weighted by Crippen LogP contribution is 2.55. The number of imidazole rings is 2. The van der Waals surface area contributed by atoms with E-state index in [0.717, 1.165) is 141 Å². The van der Waals surface area contributed by atoms with Gasteiger partial charge in [-0.1, -0.05) is 322 Å². The number of nitrogens with zero attached hydrogens (tertiary/aromatic N) is 13. The zero-order chi connectivity index (χ0) is 80.6. The fourth-order valence-electron chi connectivity index (χ4n) is 17.9. The molecular weight excluding hydrogens is 1490 g/mol. The smallest absolute Gasteiger partial charge is 0.238 e. The van der Waals surface area contributed by atoms with Crippen LogP contribution in [0.15, 0.2) is 431 Å². The highest BCUT2D eigenvalue weighted by Gasteiger charge is 2.35. The molecule has 0 radical (unpaired) electrons. The van der Waals surface area contributed by atoms with Crippen LogP contribution in [0, 0.1) is 0 Å². The molecule has 122 heavy (non-hydrogen) atoms. The Morgan fingerprint density at radius 1 is 0.197 bits per heavy atom. The molecule has 3 aliphatic rings. The fourth-order valence-corrected chi connectivity index (χ4v) is 17.9. The molecule has 17 aromatic carbocycles. The van der Waals surface area contributed by atoms with Crippen LogP contribution < -0.4 is 14.7 Å². The summed E-state index contributed by atoms with van der Waals surface area (Å²) in [5.74, 6) is 5.12. The number of benzene rings is 17. The largest absolute Gasteiger partial charge is 0.307 e. The van der Waals surface area contributed by atoms with Crippen molar-refractivity contribution in [2.75, 3.05) is 14.7 Å². The first-order valence-corrected chi connectivity index (χ1v) is 41.0. The third-order valence-corrected chi connectivity index (χ3v) is 23.2. The summed E-state index contributed by atoms with van der Waals surface area (Å²) in [6.45, 7) is 0. The van der Waals surface area contributed by atoms with Gasteiger partial charge in [0.15, 0.2) is 17.5 Å². The molecule has 572 valence electrons. The van der Waals surface area contributed by atoms with Gasteiger partial charge in [-0.05, 0) is 125 Å². The number of hydrogen-bond donors (Lipinski definition) is 0. The minimum absolute atomic E-state index is 0.544. The Hall–Kier alpha value is -16.8. The van der Waals surface area contributed by atoms with Crippen LogP contribution in [-0.4, -0.2) is 48.6 Å². The molecule has 0 saturated carbocycles. The van der Waals surface area contributed by atoms with Crippen LogP contribution >= 0.6 is 0 Å². The lowest BCUT2D eigenvalue weighted by molar-refractivity contribution is 1.02. The van der Waals surface area contributed by atoms with Crippen molar-refractivity contribution in [2.24, 2.45) is 0 Å². The van der Waals surface area contributed by atoms with E-state index in [9.17, 15) is 0 Å². The minimum atomic E-state index is 0.544.